The van der Waals surface area contributed by atoms with Crippen molar-refractivity contribution in [3.8, 4) is 0 Å². The number of amides is 2. The van der Waals surface area contributed by atoms with Gasteiger partial charge in [0.05, 0.1) is 12.0 Å². The summed E-state index contributed by atoms with van der Waals surface area (Å²) < 4.78 is 25.1. The van der Waals surface area contributed by atoms with Crippen LogP contribution in [-0.4, -0.2) is 51.4 Å². The molecule has 8 nitrogen and oxygen atoms in total. The van der Waals surface area contributed by atoms with Crippen LogP contribution in [0.25, 0.3) is 0 Å². The molecule has 0 aliphatic rings. The van der Waals surface area contributed by atoms with Gasteiger partial charge in [-0.15, -0.1) is 0 Å². The molecule has 0 aromatic heterocycles. The second-order valence-corrected chi connectivity index (χ2v) is 7.05. The number of hydrogen-bond donors (Lipinski definition) is 2. The molecule has 134 valence electrons. The average Bonchev–Trinajstić information content (AvgIpc) is 2.58. The van der Waals surface area contributed by atoms with Crippen LogP contribution in [0, 0.1) is 0 Å². The number of benzene rings is 1. The van der Waals surface area contributed by atoms with Crippen molar-refractivity contribution in [2.75, 3.05) is 20.7 Å². The van der Waals surface area contributed by atoms with Crippen molar-refractivity contribution < 1.29 is 22.8 Å². The van der Waals surface area contributed by atoms with Gasteiger partial charge in [-0.3, -0.25) is 14.4 Å². The summed E-state index contributed by atoms with van der Waals surface area (Å²) >= 11 is 0. The van der Waals surface area contributed by atoms with Gasteiger partial charge in [0, 0.05) is 19.2 Å². The Morgan fingerprint density at radius 3 is 2.58 bits per heavy atom. The molecule has 1 rings (SSSR count). The smallest absolute Gasteiger partial charge is 0.264 e. The molecule has 0 aliphatic heterocycles. The number of hydrogen-bond acceptors (Lipinski definition) is 5. The van der Waals surface area contributed by atoms with E-state index in [2.05, 4.69) is 10.6 Å². The Morgan fingerprint density at radius 2 is 2.00 bits per heavy atom. The molecule has 2 amide bonds. The number of carbonyl (C=O) groups is 2. The zero-order valence-corrected chi connectivity index (χ0v) is 15.0. The van der Waals surface area contributed by atoms with Gasteiger partial charge in [-0.2, -0.15) is 0 Å². The first-order chi connectivity index (χ1) is 11.2. The van der Waals surface area contributed by atoms with Gasteiger partial charge in [-0.05, 0) is 31.5 Å². The maximum Gasteiger partial charge on any atom is 0.264 e. The van der Waals surface area contributed by atoms with E-state index < -0.39 is 22.0 Å². The van der Waals surface area contributed by atoms with Crippen molar-refractivity contribution in [1.29, 1.82) is 0 Å². The first-order valence-corrected chi connectivity index (χ1v) is 8.89. The highest BCUT2D eigenvalue weighted by atomic mass is 32.2. The van der Waals surface area contributed by atoms with Crippen molar-refractivity contribution in [3.05, 3.63) is 29.8 Å². The Morgan fingerprint density at radius 1 is 1.33 bits per heavy atom. The van der Waals surface area contributed by atoms with Crippen molar-refractivity contribution in [3.63, 3.8) is 0 Å². The van der Waals surface area contributed by atoms with Gasteiger partial charge in [-0.1, -0.05) is 17.5 Å². The molecule has 0 unspecified atom stereocenters. The lowest BCUT2D eigenvalue weighted by Crippen LogP contribution is -2.45. The molecule has 0 aliphatic carbocycles. The lowest BCUT2D eigenvalue weighted by molar-refractivity contribution is -0.122. The zero-order valence-electron chi connectivity index (χ0n) is 14.2. The second-order valence-electron chi connectivity index (χ2n) is 5.11. The lowest BCUT2D eigenvalue weighted by atomic mass is 10.2. The molecule has 0 saturated carbocycles. The van der Waals surface area contributed by atoms with Gasteiger partial charge >= 0.3 is 0 Å². The van der Waals surface area contributed by atoms with Crippen LogP contribution < -0.4 is 10.6 Å². The summed E-state index contributed by atoms with van der Waals surface area (Å²) in [7, 11) is -1.37. The Hall–Kier alpha value is -1.97. The molecule has 1 aromatic rings. The summed E-state index contributed by atoms with van der Waals surface area (Å²) in [6.45, 7) is 4.00. The topological polar surface area (TPSA) is 105 Å². The van der Waals surface area contributed by atoms with E-state index in [1.165, 1.54) is 38.4 Å². The SMILES string of the molecule is CCCNC(=O)[C@H](C)NC(=O)c1cccc(S(=O)(=O)N(C)OC)c1. The Kier molecular flexibility index (Phi) is 7.33. The largest absolute Gasteiger partial charge is 0.354 e. The molecule has 0 fully saturated rings. The van der Waals surface area contributed by atoms with Crippen molar-refractivity contribution in [1.82, 2.24) is 15.1 Å². The highest BCUT2D eigenvalue weighted by molar-refractivity contribution is 7.89. The molecule has 0 saturated heterocycles. The molecule has 0 heterocycles. The molecule has 0 spiro atoms. The predicted octanol–water partition coefficient (Wildman–Crippen LogP) is 0.513. The van der Waals surface area contributed by atoms with Crippen molar-refractivity contribution in [2.45, 2.75) is 31.2 Å². The third-order valence-corrected chi connectivity index (χ3v) is 4.96. The van der Waals surface area contributed by atoms with E-state index in [-0.39, 0.29) is 16.4 Å². The minimum Gasteiger partial charge on any atom is -0.354 e. The van der Waals surface area contributed by atoms with E-state index in [0.717, 1.165) is 6.42 Å². The third-order valence-electron chi connectivity index (χ3n) is 3.28. The zero-order chi connectivity index (χ0) is 18.3. The predicted molar refractivity (Wildman–Crippen MR) is 88.6 cm³/mol. The average molecular weight is 357 g/mol. The monoisotopic (exact) mass is 357 g/mol. The first kappa shape index (κ1) is 20.1. The lowest BCUT2D eigenvalue weighted by Gasteiger charge is -2.16. The molecular weight excluding hydrogens is 334 g/mol. The van der Waals surface area contributed by atoms with Crippen LogP contribution in [0.15, 0.2) is 29.2 Å². The summed E-state index contributed by atoms with van der Waals surface area (Å²) in [6, 6.07) is 4.78. The van der Waals surface area contributed by atoms with E-state index in [0.29, 0.717) is 11.0 Å². The van der Waals surface area contributed by atoms with Crippen LogP contribution >= 0.6 is 0 Å². The Labute approximate surface area is 142 Å². The molecule has 24 heavy (non-hydrogen) atoms. The summed E-state index contributed by atoms with van der Waals surface area (Å²) in [4.78, 5) is 28.6. The van der Waals surface area contributed by atoms with Crippen LogP contribution in [0.4, 0.5) is 0 Å². The number of hydroxylamine groups is 1. The molecule has 9 heteroatoms. The summed E-state index contributed by atoms with van der Waals surface area (Å²) in [5.74, 6) is -0.834. The Bertz CT molecular complexity index is 690. The van der Waals surface area contributed by atoms with Gasteiger partial charge in [0.15, 0.2) is 0 Å². The highest BCUT2D eigenvalue weighted by Gasteiger charge is 2.22. The molecule has 1 atom stereocenters. The van der Waals surface area contributed by atoms with Crippen LogP contribution in [0.3, 0.4) is 0 Å². The molecular formula is C15H23N3O5S. The maximum atomic E-state index is 12.2. The van der Waals surface area contributed by atoms with E-state index >= 15 is 0 Å². The van der Waals surface area contributed by atoms with E-state index in [9.17, 15) is 18.0 Å². The number of sulfonamides is 1. The van der Waals surface area contributed by atoms with Crippen LogP contribution in [0.1, 0.15) is 30.6 Å². The highest BCUT2D eigenvalue weighted by Crippen LogP contribution is 2.16. The maximum absolute atomic E-state index is 12.2. The summed E-state index contributed by atoms with van der Waals surface area (Å²) in [6.07, 6.45) is 0.791. The van der Waals surface area contributed by atoms with E-state index in [4.69, 9.17) is 4.84 Å². The summed E-state index contributed by atoms with van der Waals surface area (Å²) in [5, 5.41) is 5.21. The quantitative estimate of drug-likeness (QED) is 0.660. The van der Waals surface area contributed by atoms with Crippen molar-refractivity contribution >= 4 is 21.8 Å². The Balaban J connectivity index is 2.90. The molecule has 0 radical (unpaired) electrons. The van der Waals surface area contributed by atoms with Gasteiger partial charge in [-0.25, -0.2) is 8.42 Å². The summed E-state index contributed by atoms with van der Waals surface area (Å²) in [5.41, 5.74) is 0.135. The van der Waals surface area contributed by atoms with Crippen molar-refractivity contribution in [2.24, 2.45) is 0 Å². The fourth-order valence-electron chi connectivity index (χ4n) is 1.79. The normalized spacial score (nSPS) is 12.7. The molecule has 2 N–H and O–H groups in total. The van der Waals surface area contributed by atoms with E-state index in [1.807, 2.05) is 6.92 Å². The van der Waals surface area contributed by atoms with Gasteiger partial charge in [0.1, 0.15) is 6.04 Å². The second kappa shape index (κ2) is 8.76. The van der Waals surface area contributed by atoms with Crippen LogP contribution in [0.2, 0.25) is 0 Å². The minimum atomic E-state index is -3.85. The number of nitrogens with zero attached hydrogens (tertiary/aromatic N) is 1. The number of carbonyl (C=O) groups excluding carboxylic acids is 2. The fourth-order valence-corrected chi connectivity index (χ4v) is 2.81. The molecule has 1 aromatic carbocycles. The standard InChI is InChI=1S/C15H23N3O5S/c1-5-9-16-14(19)11(2)17-15(20)12-7-6-8-13(10-12)24(21,22)18(3)23-4/h6-8,10-11H,5,9H2,1-4H3,(H,16,19)(H,17,20)/t11-/m0/s1. The fraction of sp³-hybridized carbons (Fsp3) is 0.467. The number of nitrogens with one attached hydrogen (secondary N) is 2. The van der Waals surface area contributed by atoms with Gasteiger partial charge in [0.25, 0.3) is 15.9 Å². The van der Waals surface area contributed by atoms with Gasteiger partial charge < -0.3 is 10.6 Å². The van der Waals surface area contributed by atoms with Crippen LogP contribution in [-0.2, 0) is 19.7 Å². The third kappa shape index (κ3) is 5.02. The first-order valence-electron chi connectivity index (χ1n) is 7.45. The number of rotatable bonds is 8. The van der Waals surface area contributed by atoms with Crippen LogP contribution in [0.5, 0.6) is 0 Å². The van der Waals surface area contributed by atoms with Gasteiger partial charge in [0.2, 0.25) is 5.91 Å². The minimum absolute atomic E-state index is 0.0809. The van der Waals surface area contributed by atoms with E-state index in [1.54, 1.807) is 6.92 Å². The molecule has 0 bridgehead atoms.